The molecular formula is C14H20N4O. The summed E-state index contributed by atoms with van der Waals surface area (Å²) in [5, 5.41) is 0. The summed E-state index contributed by atoms with van der Waals surface area (Å²) in [5.41, 5.74) is 3.77. The van der Waals surface area contributed by atoms with Gasteiger partial charge >= 0.3 is 0 Å². The van der Waals surface area contributed by atoms with Gasteiger partial charge in [0, 0.05) is 18.8 Å². The van der Waals surface area contributed by atoms with Crippen molar-refractivity contribution in [1.29, 1.82) is 0 Å². The molecule has 1 aliphatic carbocycles. The van der Waals surface area contributed by atoms with Crippen molar-refractivity contribution in [2.75, 3.05) is 12.0 Å². The zero-order valence-electron chi connectivity index (χ0n) is 11.0. The quantitative estimate of drug-likeness (QED) is 0.628. The Labute approximate surface area is 113 Å². The molecule has 2 unspecified atom stereocenters. The van der Waals surface area contributed by atoms with Crippen LogP contribution in [-0.4, -0.2) is 28.4 Å². The number of nitrogens with one attached hydrogen (secondary N) is 1. The van der Waals surface area contributed by atoms with Crippen LogP contribution in [0.3, 0.4) is 0 Å². The van der Waals surface area contributed by atoms with Gasteiger partial charge < -0.3 is 10.3 Å². The van der Waals surface area contributed by atoms with Gasteiger partial charge in [-0.25, -0.2) is 0 Å². The molecule has 1 aromatic heterocycles. The molecule has 2 atom stereocenters. The number of carbonyl (C=O) groups excluding carboxylic acids is 1. The molecule has 2 aliphatic rings. The van der Waals surface area contributed by atoms with Gasteiger partial charge in [-0.2, -0.15) is 0 Å². The van der Waals surface area contributed by atoms with Gasteiger partial charge in [-0.3, -0.25) is 15.6 Å². The van der Waals surface area contributed by atoms with E-state index in [-0.39, 0.29) is 5.91 Å². The van der Waals surface area contributed by atoms with Crippen molar-refractivity contribution in [1.82, 2.24) is 9.88 Å². The van der Waals surface area contributed by atoms with E-state index in [1.165, 1.54) is 19.3 Å². The fraction of sp³-hybridized carbons (Fsp3) is 0.571. The first-order valence-corrected chi connectivity index (χ1v) is 7.03. The van der Waals surface area contributed by atoms with Crippen LogP contribution in [0.5, 0.6) is 0 Å². The molecule has 0 spiro atoms. The minimum absolute atomic E-state index is 0.0477. The minimum atomic E-state index is 0.0477. The lowest BCUT2D eigenvalue weighted by atomic mass is 9.85. The standard InChI is InChI=1S/C14H20N4O/c15-17-11-5-7-16-12(9-11)14(19)18-8-6-10-3-1-2-4-13(10)18/h5,7,9-10,13H,1-4,6,8,15H2,(H,16,17). The summed E-state index contributed by atoms with van der Waals surface area (Å²) < 4.78 is 0. The van der Waals surface area contributed by atoms with Crippen molar-refractivity contribution in [3.63, 3.8) is 0 Å². The molecular weight excluding hydrogens is 240 g/mol. The van der Waals surface area contributed by atoms with Crippen LogP contribution in [0.25, 0.3) is 0 Å². The van der Waals surface area contributed by atoms with Gasteiger partial charge in [-0.05, 0) is 37.3 Å². The normalized spacial score (nSPS) is 26.1. The van der Waals surface area contributed by atoms with Gasteiger partial charge in [0.25, 0.3) is 5.91 Å². The van der Waals surface area contributed by atoms with Crippen LogP contribution in [-0.2, 0) is 0 Å². The molecule has 5 heteroatoms. The Balaban J connectivity index is 1.79. The Hall–Kier alpha value is -1.62. The lowest BCUT2D eigenvalue weighted by Gasteiger charge is -2.31. The highest BCUT2D eigenvalue weighted by atomic mass is 16.2. The molecule has 1 saturated carbocycles. The summed E-state index contributed by atoms with van der Waals surface area (Å²) in [5.74, 6) is 6.13. The van der Waals surface area contributed by atoms with Crippen molar-refractivity contribution in [2.24, 2.45) is 11.8 Å². The highest BCUT2D eigenvalue weighted by molar-refractivity contribution is 5.93. The third-order valence-corrected chi connectivity index (χ3v) is 4.42. The van der Waals surface area contributed by atoms with E-state index in [9.17, 15) is 4.79 Å². The van der Waals surface area contributed by atoms with Gasteiger partial charge in [0.2, 0.25) is 0 Å². The number of pyridine rings is 1. The average molecular weight is 260 g/mol. The summed E-state index contributed by atoms with van der Waals surface area (Å²) in [6, 6.07) is 3.90. The number of amides is 1. The number of nitrogens with two attached hydrogens (primary N) is 1. The van der Waals surface area contributed by atoms with Crippen LogP contribution >= 0.6 is 0 Å². The van der Waals surface area contributed by atoms with Crippen molar-refractivity contribution < 1.29 is 4.79 Å². The largest absolute Gasteiger partial charge is 0.334 e. The van der Waals surface area contributed by atoms with E-state index >= 15 is 0 Å². The first-order chi connectivity index (χ1) is 9.29. The van der Waals surface area contributed by atoms with E-state index < -0.39 is 0 Å². The number of fused-ring (bicyclic) bond motifs is 1. The number of likely N-dealkylation sites (tertiary alicyclic amines) is 1. The zero-order valence-corrected chi connectivity index (χ0v) is 11.0. The van der Waals surface area contributed by atoms with Gasteiger partial charge in [0.15, 0.2) is 0 Å². The molecule has 102 valence electrons. The van der Waals surface area contributed by atoms with Gasteiger partial charge in [-0.1, -0.05) is 12.8 Å². The zero-order chi connectivity index (χ0) is 13.2. The Bertz CT molecular complexity index is 476. The summed E-state index contributed by atoms with van der Waals surface area (Å²) >= 11 is 0. The molecule has 1 aliphatic heterocycles. The molecule has 1 saturated heterocycles. The van der Waals surface area contributed by atoms with Gasteiger partial charge in [-0.15, -0.1) is 0 Å². The predicted molar refractivity (Wildman–Crippen MR) is 73.4 cm³/mol. The van der Waals surface area contributed by atoms with Crippen molar-refractivity contribution in [3.8, 4) is 0 Å². The number of anilines is 1. The number of nitrogen functional groups attached to an aromatic ring is 1. The van der Waals surface area contributed by atoms with Crippen molar-refractivity contribution in [2.45, 2.75) is 38.1 Å². The SMILES string of the molecule is NNc1ccnc(C(=O)N2CCC3CCCCC32)c1. The second-order valence-corrected chi connectivity index (χ2v) is 5.47. The Morgan fingerprint density at radius 1 is 1.37 bits per heavy atom. The predicted octanol–water partition coefficient (Wildman–Crippen LogP) is 1.77. The number of carbonyl (C=O) groups is 1. The van der Waals surface area contributed by atoms with Crippen LogP contribution in [0.4, 0.5) is 5.69 Å². The molecule has 0 radical (unpaired) electrons. The average Bonchev–Trinajstić information content (AvgIpc) is 2.90. The monoisotopic (exact) mass is 260 g/mol. The minimum Gasteiger partial charge on any atom is -0.334 e. The van der Waals surface area contributed by atoms with E-state index in [0.29, 0.717) is 17.7 Å². The van der Waals surface area contributed by atoms with E-state index in [2.05, 4.69) is 10.4 Å². The lowest BCUT2D eigenvalue weighted by molar-refractivity contribution is 0.0684. The van der Waals surface area contributed by atoms with Crippen LogP contribution in [0, 0.1) is 5.92 Å². The van der Waals surface area contributed by atoms with E-state index in [1.807, 2.05) is 4.90 Å². The maximum absolute atomic E-state index is 12.6. The van der Waals surface area contributed by atoms with Crippen molar-refractivity contribution in [3.05, 3.63) is 24.0 Å². The van der Waals surface area contributed by atoms with Crippen LogP contribution in [0.15, 0.2) is 18.3 Å². The molecule has 19 heavy (non-hydrogen) atoms. The number of hydrogen-bond donors (Lipinski definition) is 2. The summed E-state index contributed by atoms with van der Waals surface area (Å²) in [6.45, 7) is 0.871. The van der Waals surface area contributed by atoms with Gasteiger partial charge in [0.1, 0.15) is 5.69 Å². The molecule has 1 aromatic rings. The molecule has 1 amide bonds. The molecule has 0 bridgehead atoms. The van der Waals surface area contributed by atoms with Crippen LogP contribution in [0.2, 0.25) is 0 Å². The molecule has 0 aromatic carbocycles. The molecule has 3 rings (SSSR count). The van der Waals surface area contributed by atoms with E-state index in [4.69, 9.17) is 5.84 Å². The topological polar surface area (TPSA) is 71.2 Å². The maximum Gasteiger partial charge on any atom is 0.272 e. The number of rotatable bonds is 2. The maximum atomic E-state index is 12.6. The first-order valence-electron chi connectivity index (χ1n) is 7.03. The van der Waals surface area contributed by atoms with Crippen molar-refractivity contribution >= 4 is 11.6 Å². The van der Waals surface area contributed by atoms with E-state index in [1.54, 1.807) is 18.3 Å². The molecule has 3 N–H and O–H groups in total. The third-order valence-electron chi connectivity index (χ3n) is 4.42. The lowest BCUT2D eigenvalue weighted by Crippen LogP contribution is -2.39. The highest BCUT2D eigenvalue weighted by Gasteiger charge is 2.38. The second-order valence-electron chi connectivity index (χ2n) is 5.47. The Kier molecular flexibility index (Phi) is 3.38. The fourth-order valence-electron chi connectivity index (χ4n) is 3.44. The second kappa shape index (κ2) is 5.17. The molecule has 5 nitrogen and oxygen atoms in total. The number of nitrogens with zero attached hydrogens (tertiary/aromatic N) is 2. The highest BCUT2D eigenvalue weighted by Crippen LogP contribution is 2.36. The fourth-order valence-corrected chi connectivity index (χ4v) is 3.44. The Morgan fingerprint density at radius 3 is 3.05 bits per heavy atom. The van der Waals surface area contributed by atoms with Crippen LogP contribution in [0.1, 0.15) is 42.6 Å². The third kappa shape index (κ3) is 2.30. The summed E-state index contributed by atoms with van der Waals surface area (Å²) in [7, 11) is 0. The number of aromatic nitrogens is 1. The summed E-state index contributed by atoms with van der Waals surface area (Å²) in [6.07, 6.45) is 7.73. The molecule has 2 fully saturated rings. The Morgan fingerprint density at radius 2 is 2.21 bits per heavy atom. The number of hydrogen-bond acceptors (Lipinski definition) is 4. The summed E-state index contributed by atoms with van der Waals surface area (Å²) in [4.78, 5) is 18.8. The van der Waals surface area contributed by atoms with Gasteiger partial charge in [0.05, 0.1) is 5.69 Å². The smallest absolute Gasteiger partial charge is 0.272 e. The molecule has 2 heterocycles. The van der Waals surface area contributed by atoms with Crippen LogP contribution < -0.4 is 11.3 Å². The first kappa shape index (κ1) is 12.4. The van der Waals surface area contributed by atoms with E-state index in [0.717, 1.165) is 25.1 Å². The number of hydrazine groups is 1.